The average molecular weight is 378 g/mol. The summed E-state index contributed by atoms with van der Waals surface area (Å²) in [4.78, 5) is 28.7. The summed E-state index contributed by atoms with van der Waals surface area (Å²) >= 11 is 6.76. The molecule has 0 aromatic carbocycles. The minimum Gasteiger partial charge on any atom is -0.543 e. The number of carboxylic acids is 1. The molecule has 0 spiro atoms. The topological polar surface area (TPSA) is 83.9 Å². The van der Waals surface area contributed by atoms with Crippen LogP contribution in [0.25, 0.3) is 0 Å². The first-order valence-corrected chi connectivity index (χ1v) is 8.90. The van der Waals surface area contributed by atoms with Crippen LogP contribution in [0.2, 0.25) is 0 Å². The molecule has 0 bridgehead atoms. The molecular formula is C15H19N2NaO4S2. The first-order chi connectivity index (χ1) is 10.7. The number of carbonyl (C=O) groups excluding carboxylic acids is 2. The van der Waals surface area contributed by atoms with Gasteiger partial charge in [-0.1, -0.05) is 19.1 Å². The Morgan fingerprint density at radius 2 is 2.12 bits per heavy atom. The largest absolute Gasteiger partial charge is 1.00 e. The summed E-state index contributed by atoms with van der Waals surface area (Å²) < 4.78 is 0. The third-order valence-electron chi connectivity index (χ3n) is 4.90. The first-order valence-electron chi connectivity index (χ1n) is 7.61. The Morgan fingerprint density at radius 3 is 2.58 bits per heavy atom. The van der Waals surface area contributed by atoms with Crippen LogP contribution in [0.15, 0.2) is 10.6 Å². The minimum atomic E-state index is -1.33. The second-order valence-electron chi connectivity index (χ2n) is 6.47. The Bertz CT molecular complexity index is 625. The molecule has 3 aliphatic heterocycles. The van der Waals surface area contributed by atoms with E-state index in [9.17, 15) is 19.8 Å². The van der Waals surface area contributed by atoms with Gasteiger partial charge in [-0.05, 0) is 6.92 Å². The fraction of sp³-hybridized carbons (Fsp3) is 0.667. The summed E-state index contributed by atoms with van der Waals surface area (Å²) in [5, 5.41) is 21.6. The summed E-state index contributed by atoms with van der Waals surface area (Å²) in [7, 11) is 1.93. The molecule has 0 unspecified atom stereocenters. The average Bonchev–Trinajstić information content (AvgIpc) is 2.87. The number of carbonyl (C=O) groups is 2. The van der Waals surface area contributed by atoms with Crippen molar-refractivity contribution in [3.8, 4) is 0 Å². The van der Waals surface area contributed by atoms with E-state index in [-0.39, 0.29) is 58.4 Å². The van der Waals surface area contributed by atoms with E-state index in [4.69, 9.17) is 12.2 Å². The molecule has 0 saturated carbocycles. The number of aliphatic hydroxyl groups is 1. The van der Waals surface area contributed by atoms with Crippen molar-refractivity contribution in [1.29, 1.82) is 0 Å². The van der Waals surface area contributed by atoms with Crippen molar-refractivity contribution in [2.75, 3.05) is 13.6 Å². The van der Waals surface area contributed by atoms with Crippen LogP contribution in [0.5, 0.6) is 0 Å². The maximum Gasteiger partial charge on any atom is 1.00 e. The predicted octanol–water partition coefficient (Wildman–Crippen LogP) is -3.43. The molecule has 0 aliphatic carbocycles. The number of aliphatic hydroxyl groups excluding tert-OH is 1. The third-order valence-corrected chi connectivity index (χ3v) is 6.85. The maximum absolute atomic E-state index is 12.2. The van der Waals surface area contributed by atoms with Gasteiger partial charge >= 0.3 is 29.6 Å². The van der Waals surface area contributed by atoms with Crippen molar-refractivity contribution in [2.24, 2.45) is 11.8 Å². The van der Waals surface area contributed by atoms with Crippen molar-refractivity contribution >= 4 is 40.8 Å². The van der Waals surface area contributed by atoms with Gasteiger partial charge in [0.25, 0.3) is 0 Å². The number of likely N-dealkylation sites (tertiary alicyclic amines) is 1. The summed E-state index contributed by atoms with van der Waals surface area (Å²) in [6.45, 7) is 4.24. The van der Waals surface area contributed by atoms with E-state index < -0.39 is 18.0 Å². The molecule has 1 N–H and O–H groups in total. The normalized spacial score (nSPS) is 33.3. The van der Waals surface area contributed by atoms with Crippen LogP contribution in [-0.2, 0) is 9.59 Å². The molecule has 3 rings (SSSR count). The predicted molar refractivity (Wildman–Crippen MR) is 88.2 cm³/mol. The summed E-state index contributed by atoms with van der Waals surface area (Å²) in [5.41, 5.74) is -0.0186. The summed E-state index contributed by atoms with van der Waals surface area (Å²) in [6.07, 6.45) is -0.0605. The van der Waals surface area contributed by atoms with Gasteiger partial charge in [-0.15, -0.1) is 11.8 Å². The van der Waals surface area contributed by atoms with Crippen LogP contribution >= 0.6 is 24.0 Å². The van der Waals surface area contributed by atoms with E-state index in [1.54, 1.807) is 6.92 Å². The van der Waals surface area contributed by atoms with Gasteiger partial charge in [-0.3, -0.25) is 4.79 Å². The van der Waals surface area contributed by atoms with Gasteiger partial charge in [0.2, 0.25) is 5.91 Å². The number of thiocarbonyl (C=S) groups is 1. The van der Waals surface area contributed by atoms with Gasteiger partial charge in [0, 0.05) is 36.1 Å². The molecule has 1 amide bonds. The Hall–Kier alpha value is -0.120. The molecule has 9 heteroatoms. The van der Waals surface area contributed by atoms with Gasteiger partial charge in [-0.2, -0.15) is 0 Å². The molecule has 2 saturated heterocycles. The number of thioether (sulfide) groups is 1. The van der Waals surface area contributed by atoms with Crippen molar-refractivity contribution in [2.45, 2.75) is 37.7 Å². The molecule has 3 aliphatic rings. The molecule has 6 nitrogen and oxygen atoms in total. The second-order valence-corrected chi connectivity index (χ2v) is 8.29. The van der Waals surface area contributed by atoms with Crippen molar-refractivity contribution in [3.63, 3.8) is 0 Å². The van der Waals surface area contributed by atoms with Crippen molar-refractivity contribution < 1.29 is 49.4 Å². The summed E-state index contributed by atoms with van der Waals surface area (Å²) in [6, 6.07) is -0.288. The van der Waals surface area contributed by atoms with E-state index in [0.717, 1.165) is 18.0 Å². The van der Waals surface area contributed by atoms with Crippen LogP contribution in [0.1, 0.15) is 20.3 Å². The van der Waals surface area contributed by atoms with Crippen LogP contribution in [-0.4, -0.2) is 62.8 Å². The zero-order valence-corrected chi connectivity index (χ0v) is 17.8. The number of nitrogens with zero attached hydrogens (tertiary/aromatic N) is 2. The van der Waals surface area contributed by atoms with Crippen molar-refractivity contribution in [3.05, 3.63) is 10.6 Å². The number of hydrogen-bond acceptors (Lipinski definition) is 6. The standard InChI is InChI=1S/C15H20N2O4S2.Na/c1-6-11-10(7(2)18)14(19)17(11)12(15(20)21)13(6)23-8-4-9(22)16(3)5-8;/h6-8,10-11,18H,4-5H2,1-3H3,(H,20,21);/q;+1/p-1/t6-,7-,8-,10-,11-;/m1./s1. The quantitative estimate of drug-likeness (QED) is 0.310. The van der Waals surface area contributed by atoms with Gasteiger partial charge < -0.3 is 24.8 Å². The van der Waals surface area contributed by atoms with E-state index in [2.05, 4.69) is 0 Å². The van der Waals surface area contributed by atoms with Crippen molar-refractivity contribution in [1.82, 2.24) is 9.80 Å². The molecule has 24 heavy (non-hydrogen) atoms. The molecule has 2 fully saturated rings. The Balaban J connectivity index is 0.00000208. The number of aliphatic carboxylic acids is 1. The van der Waals surface area contributed by atoms with Crippen LogP contribution in [0, 0.1) is 11.8 Å². The zero-order valence-electron chi connectivity index (χ0n) is 14.2. The number of amides is 1. The first kappa shape index (κ1) is 20.2. The van der Waals surface area contributed by atoms with E-state index >= 15 is 0 Å². The van der Waals surface area contributed by atoms with Gasteiger partial charge in [0.05, 0.1) is 34.7 Å². The number of carboxylic acid groups (broad SMARTS) is 1. The number of hydrogen-bond donors (Lipinski definition) is 1. The van der Waals surface area contributed by atoms with Crippen LogP contribution in [0.4, 0.5) is 0 Å². The number of rotatable bonds is 4. The maximum atomic E-state index is 12.2. The zero-order chi connectivity index (χ0) is 17.0. The minimum absolute atomic E-state index is 0. The molecule has 0 aromatic heterocycles. The number of β-lactam (4-membered cyclic amide) rings is 1. The Morgan fingerprint density at radius 1 is 1.50 bits per heavy atom. The van der Waals surface area contributed by atoms with Crippen LogP contribution < -0.4 is 34.7 Å². The smallest absolute Gasteiger partial charge is 0.543 e. The van der Waals surface area contributed by atoms with Gasteiger partial charge in [0.15, 0.2) is 0 Å². The molecule has 0 radical (unpaired) electrons. The Labute approximate surface area is 172 Å². The van der Waals surface area contributed by atoms with Gasteiger partial charge in [-0.25, -0.2) is 0 Å². The molecule has 3 heterocycles. The SMILES string of the molecule is C[C@@H](O)[C@H]1C(=O)N2C(C(=O)[O-])=C(S[C@@H]3CC(=S)N(C)C3)[C@H](C)[C@H]12.[Na+]. The monoisotopic (exact) mass is 378 g/mol. The molecule has 5 atom stereocenters. The molecule has 126 valence electrons. The molecule has 0 aromatic rings. The second kappa shape index (κ2) is 7.25. The number of fused-ring (bicyclic) bond motifs is 1. The third kappa shape index (κ3) is 3.05. The fourth-order valence-electron chi connectivity index (χ4n) is 3.75. The van der Waals surface area contributed by atoms with E-state index in [1.807, 2.05) is 18.9 Å². The fourth-order valence-corrected chi connectivity index (χ4v) is 5.68. The Kier molecular flexibility index (Phi) is 6.10. The van der Waals surface area contributed by atoms with Gasteiger partial charge in [0.1, 0.15) is 0 Å². The van der Waals surface area contributed by atoms with E-state index in [1.165, 1.54) is 16.7 Å². The summed E-state index contributed by atoms with van der Waals surface area (Å²) in [5.74, 6) is -2.31. The molecular weight excluding hydrogens is 359 g/mol. The van der Waals surface area contributed by atoms with Crippen LogP contribution in [0.3, 0.4) is 0 Å². The van der Waals surface area contributed by atoms with E-state index in [0.29, 0.717) is 4.91 Å².